The van der Waals surface area contributed by atoms with Crippen LogP contribution in [-0.2, 0) is 20.7 Å². The number of fused-ring (bicyclic) bond motifs is 1. The van der Waals surface area contributed by atoms with Crippen LogP contribution in [0.4, 0.5) is 5.69 Å². The van der Waals surface area contributed by atoms with Crippen LogP contribution in [-0.4, -0.2) is 74.9 Å². The minimum absolute atomic E-state index is 0. The molecule has 1 aromatic carbocycles. The van der Waals surface area contributed by atoms with Crippen LogP contribution in [0.1, 0.15) is 38.2 Å². The average molecular weight is 542 g/mol. The lowest BCUT2D eigenvalue weighted by atomic mass is 10.1. The number of guanidine groups is 1. The van der Waals surface area contributed by atoms with Gasteiger partial charge in [-0.15, -0.1) is 24.0 Å². The standard InChI is InChI=1S/C23H34N4O3.HI/c1-2-24-23(26-14-16-30-21(17-26)20-9-6-15-29-20)25-12-5-10-22(28)27-13-11-18-7-3-4-8-19(18)27;/h3-4,7-8,20-21H,2,5-6,9-17H2,1H3,(H,24,25);1H. The van der Waals surface area contributed by atoms with Gasteiger partial charge in [-0.25, -0.2) is 0 Å². The number of morpholine rings is 1. The van der Waals surface area contributed by atoms with Gasteiger partial charge in [0.15, 0.2) is 5.96 Å². The van der Waals surface area contributed by atoms with Gasteiger partial charge in [-0.2, -0.15) is 0 Å². The van der Waals surface area contributed by atoms with Crippen molar-refractivity contribution >= 4 is 41.5 Å². The van der Waals surface area contributed by atoms with Crippen LogP contribution in [0.2, 0.25) is 0 Å². The lowest BCUT2D eigenvalue weighted by Crippen LogP contribution is -2.53. The van der Waals surface area contributed by atoms with Gasteiger partial charge in [0.1, 0.15) is 6.10 Å². The molecule has 1 amide bonds. The van der Waals surface area contributed by atoms with Gasteiger partial charge in [0.2, 0.25) is 5.91 Å². The number of rotatable bonds is 6. The molecule has 0 saturated carbocycles. The van der Waals surface area contributed by atoms with Gasteiger partial charge in [0, 0.05) is 51.4 Å². The van der Waals surface area contributed by atoms with E-state index >= 15 is 0 Å². The van der Waals surface area contributed by atoms with Crippen LogP contribution >= 0.6 is 24.0 Å². The molecule has 2 fully saturated rings. The summed E-state index contributed by atoms with van der Waals surface area (Å²) in [6, 6.07) is 8.20. The number of halogens is 1. The molecule has 0 bridgehead atoms. The van der Waals surface area contributed by atoms with Gasteiger partial charge in [-0.05, 0) is 44.2 Å². The molecule has 0 spiro atoms. The first kappa shape index (κ1) is 24.3. The van der Waals surface area contributed by atoms with Crippen LogP contribution < -0.4 is 10.2 Å². The van der Waals surface area contributed by atoms with E-state index in [-0.39, 0.29) is 42.1 Å². The Labute approximate surface area is 202 Å². The van der Waals surface area contributed by atoms with E-state index in [1.165, 1.54) is 5.56 Å². The second-order valence-corrected chi connectivity index (χ2v) is 8.17. The predicted molar refractivity (Wildman–Crippen MR) is 133 cm³/mol. The molecule has 7 nitrogen and oxygen atoms in total. The Morgan fingerprint density at radius 1 is 1.19 bits per heavy atom. The highest BCUT2D eigenvalue weighted by Gasteiger charge is 2.32. The monoisotopic (exact) mass is 542 g/mol. The SMILES string of the molecule is CCNC(=NCCCC(=O)N1CCc2ccccc21)N1CCOC(C2CCCO2)C1.I. The Morgan fingerprint density at radius 2 is 2.03 bits per heavy atom. The number of aliphatic imine (C=N–C) groups is 1. The van der Waals surface area contributed by atoms with Crippen molar-refractivity contribution in [3.05, 3.63) is 29.8 Å². The maximum absolute atomic E-state index is 12.7. The first-order chi connectivity index (χ1) is 14.8. The lowest BCUT2D eigenvalue weighted by Gasteiger charge is -2.37. The third-order valence-corrected chi connectivity index (χ3v) is 6.11. The molecule has 31 heavy (non-hydrogen) atoms. The van der Waals surface area contributed by atoms with E-state index in [4.69, 9.17) is 14.5 Å². The molecule has 0 radical (unpaired) electrons. The van der Waals surface area contributed by atoms with Crippen LogP contribution in [0.5, 0.6) is 0 Å². The maximum Gasteiger partial charge on any atom is 0.227 e. The van der Waals surface area contributed by atoms with Crippen molar-refractivity contribution in [2.24, 2.45) is 4.99 Å². The largest absolute Gasteiger partial charge is 0.375 e. The first-order valence-electron chi connectivity index (χ1n) is 11.4. The molecule has 0 aliphatic carbocycles. The van der Waals surface area contributed by atoms with E-state index in [2.05, 4.69) is 23.2 Å². The summed E-state index contributed by atoms with van der Waals surface area (Å²) in [6.45, 7) is 7.52. The first-order valence-corrected chi connectivity index (χ1v) is 11.4. The second-order valence-electron chi connectivity index (χ2n) is 8.17. The Morgan fingerprint density at radius 3 is 2.84 bits per heavy atom. The molecular weight excluding hydrogens is 507 g/mol. The summed E-state index contributed by atoms with van der Waals surface area (Å²) in [6.07, 6.45) is 4.75. The molecule has 0 aromatic heterocycles. The number of nitrogens with one attached hydrogen (secondary N) is 1. The fraction of sp³-hybridized carbons (Fsp3) is 0.652. The molecule has 2 atom stereocenters. The summed E-state index contributed by atoms with van der Waals surface area (Å²) < 4.78 is 11.8. The fourth-order valence-electron chi connectivity index (χ4n) is 4.56. The van der Waals surface area contributed by atoms with Crippen molar-refractivity contribution < 1.29 is 14.3 Å². The van der Waals surface area contributed by atoms with Crippen molar-refractivity contribution in [1.29, 1.82) is 0 Å². The molecule has 2 saturated heterocycles. The summed E-state index contributed by atoms with van der Waals surface area (Å²) in [7, 11) is 0. The Kier molecular flexibility index (Phi) is 9.40. The van der Waals surface area contributed by atoms with Gasteiger partial charge in [0.05, 0.1) is 12.7 Å². The molecule has 2 unspecified atom stereocenters. The number of carbonyl (C=O) groups is 1. The zero-order chi connectivity index (χ0) is 20.8. The van der Waals surface area contributed by atoms with E-state index in [1.54, 1.807) is 0 Å². The molecule has 3 heterocycles. The zero-order valence-corrected chi connectivity index (χ0v) is 20.8. The number of hydrogen-bond donors (Lipinski definition) is 1. The highest BCUT2D eigenvalue weighted by atomic mass is 127. The minimum atomic E-state index is 0. The molecule has 8 heteroatoms. The van der Waals surface area contributed by atoms with Crippen LogP contribution in [0.15, 0.2) is 29.3 Å². The quantitative estimate of drug-likeness (QED) is 0.259. The predicted octanol–water partition coefficient (Wildman–Crippen LogP) is 2.82. The van der Waals surface area contributed by atoms with Crippen LogP contribution in [0, 0.1) is 0 Å². The number of amides is 1. The van der Waals surface area contributed by atoms with Gasteiger partial charge < -0.3 is 24.6 Å². The Balaban J connectivity index is 0.00000272. The summed E-state index contributed by atoms with van der Waals surface area (Å²) >= 11 is 0. The van der Waals surface area contributed by atoms with Crippen molar-refractivity contribution in [2.45, 2.75) is 51.2 Å². The van der Waals surface area contributed by atoms with Crippen molar-refractivity contribution in [3.63, 3.8) is 0 Å². The topological polar surface area (TPSA) is 66.4 Å². The van der Waals surface area contributed by atoms with Crippen molar-refractivity contribution in [3.8, 4) is 0 Å². The third kappa shape index (κ3) is 6.10. The number of hydrogen-bond acceptors (Lipinski definition) is 4. The van der Waals surface area contributed by atoms with E-state index in [9.17, 15) is 4.79 Å². The maximum atomic E-state index is 12.7. The Bertz CT molecular complexity index is 754. The lowest BCUT2D eigenvalue weighted by molar-refractivity contribution is -0.118. The van der Waals surface area contributed by atoms with Crippen molar-refractivity contribution in [2.75, 3.05) is 50.8 Å². The van der Waals surface area contributed by atoms with Gasteiger partial charge in [-0.3, -0.25) is 9.79 Å². The number of ether oxygens (including phenoxy) is 2. The second kappa shape index (κ2) is 12.0. The van der Waals surface area contributed by atoms with Gasteiger partial charge in [0.25, 0.3) is 0 Å². The van der Waals surface area contributed by atoms with E-state index < -0.39 is 0 Å². The summed E-state index contributed by atoms with van der Waals surface area (Å²) in [5, 5.41) is 3.40. The number of anilines is 1. The van der Waals surface area contributed by atoms with Crippen LogP contribution in [0.25, 0.3) is 0 Å². The highest BCUT2D eigenvalue weighted by molar-refractivity contribution is 14.0. The molecule has 172 valence electrons. The summed E-state index contributed by atoms with van der Waals surface area (Å²) in [4.78, 5) is 21.7. The molecule has 1 aromatic rings. The van der Waals surface area contributed by atoms with Crippen molar-refractivity contribution in [1.82, 2.24) is 10.2 Å². The number of carbonyl (C=O) groups excluding carboxylic acids is 1. The smallest absolute Gasteiger partial charge is 0.227 e. The van der Waals surface area contributed by atoms with Crippen LogP contribution in [0.3, 0.4) is 0 Å². The molecule has 4 rings (SSSR count). The van der Waals surface area contributed by atoms with E-state index in [0.29, 0.717) is 19.6 Å². The van der Waals surface area contributed by atoms with E-state index in [1.807, 2.05) is 23.1 Å². The fourth-order valence-corrected chi connectivity index (χ4v) is 4.56. The number of benzene rings is 1. The minimum Gasteiger partial charge on any atom is -0.375 e. The Hall–Kier alpha value is -1.39. The number of para-hydroxylation sites is 1. The van der Waals surface area contributed by atoms with E-state index in [0.717, 1.165) is 70.1 Å². The zero-order valence-electron chi connectivity index (χ0n) is 18.4. The summed E-state index contributed by atoms with van der Waals surface area (Å²) in [5.41, 5.74) is 2.35. The van der Waals surface area contributed by atoms with Gasteiger partial charge >= 0.3 is 0 Å². The van der Waals surface area contributed by atoms with Gasteiger partial charge in [-0.1, -0.05) is 18.2 Å². The molecular formula is C23H35IN4O3. The normalized spacial score (nSPS) is 23.5. The summed E-state index contributed by atoms with van der Waals surface area (Å²) in [5.74, 6) is 1.12. The molecule has 3 aliphatic rings. The molecule has 3 aliphatic heterocycles. The number of nitrogens with zero attached hydrogens (tertiary/aromatic N) is 3. The molecule has 1 N–H and O–H groups in total. The average Bonchev–Trinajstić information content (AvgIpc) is 3.46. The third-order valence-electron chi connectivity index (χ3n) is 6.11. The highest BCUT2D eigenvalue weighted by Crippen LogP contribution is 2.28.